The van der Waals surface area contributed by atoms with E-state index in [1.165, 1.54) is 29.2 Å². The number of β-amino-alcohol motifs (C(OH)–C–C–N with tert-alkyl or cyclic N) is 1. The molecule has 4 N–H and O–H groups in total. The molecule has 0 spiro atoms. The van der Waals surface area contributed by atoms with Crippen LogP contribution in [0.1, 0.15) is 15.9 Å². The summed E-state index contributed by atoms with van der Waals surface area (Å²) in [5.74, 6) is -3.67. The molecule has 172 valence electrons. The summed E-state index contributed by atoms with van der Waals surface area (Å²) < 4.78 is 42.7. The van der Waals surface area contributed by atoms with Gasteiger partial charge in [-0.05, 0) is 61.0 Å². The third kappa shape index (κ3) is 4.73. The fourth-order valence-electron chi connectivity index (χ4n) is 3.64. The Morgan fingerprint density at radius 2 is 1.73 bits per heavy atom. The molecule has 0 atom stereocenters. The molecule has 33 heavy (non-hydrogen) atoms. The van der Waals surface area contributed by atoms with Crippen molar-refractivity contribution in [3.63, 3.8) is 0 Å². The first kappa shape index (κ1) is 22.5. The van der Waals surface area contributed by atoms with Crippen LogP contribution in [0.2, 0.25) is 0 Å². The van der Waals surface area contributed by atoms with E-state index in [0.29, 0.717) is 11.3 Å². The summed E-state index contributed by atoms with van der Waals surface area (Å²) >= 11 is 0. The van der Waals surface area contributed by atoms with E-state index in [2.05, 4.69) is 10.6 Å². The number of halogens is 3. The molecule has 0 aliphatic carbocycles. The fraction of sp³-hybridized carbons (Fsp3) is 0.208. The Morgan fingerprint density at radius 1 is 1.03 bits per heavy atom. The third-order valence-electron chi connectivity index (χ3n) is 5.46. The van der Waals surface area contributed by atoms with E-state index < -0.39 is 34.6 Å². The highest BCUT2D eigenvalue weighted by Gasteiger charge is 2.44. The lowest BCUT2D eigenvalue weighted by Gasteiger charge is -2.46. The minimum Gasteiger partial charge on any atom is -0.508 e. The normalized spacial score (nSPS) is 14.5. The zero-order valence-electron chi connectivity index (χ0n) is 17.7. The highest BCUT2D eigenvalue weighted by atomic mass is 19.2. The number of hydrogen-bond donors (Lipinski definition) is 4. The highest BCUT2D eigenvalue weighted by Crippen LogP contribution is 2.31. The molecule has 9 heteroatoms. The number of anilines is 3. The maximum Gasteiger partial charge on any atom is 0.256 e. The number of hydrogen-bond acceptors (Lipinski definition) is 5. The van der Waals surface area contributed by atoms with Crippen molar-refractivity contribution in [3.05, 3.63) is 83.2 Å². The third-order valence-corrected chi connectivity index (χ3v) is 5.46. The van der Waals surface area contributed by atoms with Crippen LogP contribution in [0.3, 0.4) is 0 Å². The van der Waals surface area contributed by atoms with Crippen LogP contribution in [-0.4, -0.2) is 46.3 Å². The lowest BCUT2D eigenvalue weighted by molar-refractivity contribution is -0.0706. The van der Waals surface area contributed by atoms with Crippen LogP contribution in [0.15, 0.2) is 54.6 Å². The summed E-state index contributed by atoms with van der Waals surface area (Å²) in [7, 11) is 0. The molecule has 3 aromatic carbocycles. The van der Waals surface area contributed by atoms with Crippen LogP contribution < -0.4 is 10.6 Å². The van der Waals surface area contributed by atoms with Crippen LogP contribution in [0.5, 0.6) is 5.75 Å². The second kappa shape index (κ2) is 8.67. The van der Waals surface area contributed by atoms with E-state index in [-0.39, 0.29) is 36.6 Å². The SMILES string of the molecule is Cc1ccc(Nc2c(C(=O)N3CC(O)(CNc4ccc(O)cc4)C3)ccc(F)c2F)c(F)c1. The number of carbonyl (C=O) groups is 1. The molecule has 3 aromatic rings. The van der Waals surface area contributed by atoms with Gasteiger partial charge in [-0.2, -0.15) is 0 Å². The van der Waals surface area contributed by atoms with E-state index in [0.717, 1.165) is 12.1 Å². The van der Waals surface area contributed by atoms with Gasteiger partial charge in [-0.1, -0.05) is 6.07 Å². The monoisotopic (exact) mass is 457 g/mol. The Bertz CT molecular complexity index is 1200. The van der Waals surface area contributed by atoms with E-state index in [1.807, 2.05) is 0 Å². The number of aliphatic hydroxyl groups is 1. The molecular formula is C24H22F3N3O3. The molecule has 6 nitrogen and oxygen atoms in total. The van der Waals surface area contributed by atoms with E-state index in [4.69, 9.17) is 0 Å². The van der Waals surface area contributed by atoms with Gasteiger partial charge in [0.05, 0.1) is 30.0 Å². The number of amides is 1. The lowest BCUT2D eigenvalue weighted by Crippen LogP contribution is -2.66. The Kier molecular flexibility index (Phi) is 5.90. The second-order valence-corrected chi connectivity index (χ2v) is 8.18. The van der Waals surface area contributed by atoms with Gasteiger partial charge in [0.1, 0.15) is 17.2 Å². The number of likely N-dealkylation sites (tertiary alicyclic amines) is 1. The first-order valence-corrected chi connectivity index (χ1v) is 10.2. The zero-order chi connectivity index (χ0) is 23.8. The van der Waals surface area contributed by atoms with Gasteiger partial charge in [0.15, 0.2) is 11.6 Å². The molecule has 1 fully saturated rings. The summed E-state index contributed by atoms with van der Waals surface area (Å²) in [6.07, 6.45) is 0. The summed E-state index contributed by atoms with van der Waals surface area (Å²) in [6, 6.07) is 12.4. The van der Waals surface area contributed by atoms with Crippen LogP contribution in [-0.2, 0) is 0 Å². The van der Waals surface area contributed by atoms with Crippen LogP contribution in [0.25, 0.3) is 0 Å². The van der Waals surface area contributed by atoms with Gasteiger partial charge < -0.3 is 25.7 Å². The standard InChI is InChI=1S/C24H22F3N3O3/c1-14-2-9-20(19(26)10-14)29-22-17(7-8-18(25)21(22)27)23(32)30-12-24(33,13-30)11-28-15-3-5-16(31)6-4-15/h2-10,28-29,31,33H,11-13H2,1H3. The molecule has 0 bridgehead atoms. The summed E-state index contributed by atoms with van der Waals surface area (Å²) in [6.45, 7) is 1.76. The van der Waals surface area contributed by atoms with Gasteiger partial charge >= 0.3 is 0 Å². The molecular weight excluding hydrogens is 435 g/mol. The number of rotatable bonds is 6. The predicted molar refractivity (Wildman–Crippen MR) is 118 cm³/mol. The minimum atomic E-state index is -1.30. The molecule has 4 rings (SSSR count). The number of aromatic hydroxyl groups is 1. The van der Waals surface area contributed by atoms with Crippen molar-refractivity contribution in [2.75, 3.05) is 30.3 Å². The van der Waals surface area contributed by atoms with Crippen molar-refractivity contribution in [2.45, 2.75) is 12.5 Å². The van der Waals surface area contributed by atoms with Crippen molar-refractivity contribution in [1.29, 1.82) is 0 Å². The molecule has 0 aromatic heterocycles. The lowest BCUT2D eigenvalue weighted by atomic mass is 9.92. The van der Waals surface area contributed by atoms with Crippen molar-refractivity contribution >= 4 is 23.0 Å². The summed E-state index contributed by atoms with van der Waals surface area (Å²) in [5.41, 5.74) is -0.642. The Morgan fingerprint density at radius 3 is 2.39 bits per heavy atom. The Balaban J connectivity index is 1.48. The van der Waals surface area contributed by atoms with Crippen LogP contribution in [0.4, 0.5) is 30.2 Å². The molecule has 0 radical (unpaired) electrons. The van der Waals surface area contributed by atoms with Gasteiger partial charge in [0, 0.05) is 12.2 Å². The topological polar surface area (TPSA) is 84.8 Å². The molecule has 0 saturated carbocycles. The number of phenols is 1. The second-order valence-electron chi connectivity index (χ2n) is 8.18. The number of benzene rings is 3. The number of aryl methyl sites for hydroxylation is 1. The number of carbonyl (C=O) groups excluding carboxylic acids is 1. The molecule has 1 aliphatic rings. The van der Waals surface area contributed by atoms with Gasteiger partial charge in [0.25, 0.3) is 5.91 Å². The van der Waals surface area contributed by atoms with Gasteiger partial charge in [-0.3, -0.25) is 4.79 Å². The molecule has 1 aliphatic heterocycles. The Labute approximate surface area is 188 Å². The Hall–Kier alpha value is -3.72. The average molecular weight is 457 g/mol. The maximum absolute atomic E-state index is 14.6. The molecule has 1 amide bonds. The molecule has 0 unspecified atom stereocenters. The number of nitrogens with zero attached hydrogens (tertiary/aromatic N) is 1. The predicted octanol–water partition coefficient (Wildman–Crippen LogP) is 4.16. The summed E-state index contributed by atoms with van der Waals surface area (Å²) in [5, 5.41) is 25.5. The summed E-state index contributed by atoms with van der Waals surface area (Å²) in [4.78, 5) is 14.3. The van der Waals surface area contributed by atoms with Crippen LogP contribution >= 0.6 is 0 Å². The quantitative estimate of drug-likeness (QED) is 0.418. The average Bonchev–Trinajstić information content (AvgIpc) is 2.76. The van der Waals surface area contributed by atoms with Crippen molar-refractivity contribution in [3.8, 4) is 5.75 Å². The first-order valence-electron chi connectivity index (χ1n) is 10.2. The zero-order valence-corrected chi connectivity index (χ0v) is 17.7. The van der Waals surface area contributed by atoms with Gasteiger partial charge in [-0.25, -0.2) is 13.2 Å². The van der Waals surface area contributed by atoms with E-state index in [9.17, 15) is 28.2 Å². The largest absolute Gasteiger partial charge is 0.508 e. The van der Waals surface area contributed by atoms with Gasteiger partial charge in [0.2, 0.25) is 0 Å². The van der Waals surface area contributed by atoms with Crippen LogP contribution in [0, 0.1) is 24.4 Å². The van der Waals surface area contributed by atoms with Crippen molar-refractivity contribution < 1.29 is 28.2 Å². The highest BCUT2D eigenvalue weighted by molar-refractivity contribution is 6.01. The molecule has 1 heterocycles. The van der Waals surface area contributed by atoms with Crippen molar-refractivity contribution in [1.82, 2.24) is 4.90 Å². The maximum atomic E-state index is 14.6. The molecule has 1 saturated heterocycles. The fourth-order valence-corrected chi connectivity index (χ4v) is 3.64. The number of nitrogens with one attached hydrogen (secondary N) is 2. The smallest absolute Gasteiger partial charge is 0.256 e. The minimum absolute atomic E-state index is 0.0335. The van der Waals surface area contributed by atoms with Crippen molar-refractivity contribution in [2.24, 2.45) is 0 Å². The van der Waals surface area contributed by atoms with Gasteiger partial charge in [-0.15, -0.1) is 0 Å². The van der Waals surface area contributed by atoms with E-state index in [1.54, 1.807) is 25.1 Å². The van der Waals surface area contributed by atoms with E-state index >= 15 is 0 Å². The first-order chi connectivity index (χ1) is 15.6. The number of phenolic OH excluding ortho intramolecular Hbond substituents is 1.